The predicted molar refractivity (Wildman–Crippen MR) is 82.1 cm³/mol. The fourth-order valence-electron chi connectivity index (χ4n) is 3.26. The highest BCUT2D eigenvalue weighted by atomic mass is 32.1. The molecule has 2 atom stereocenters. The summed E-state index contributed by atoms with van der Waals surface area (Å²) < 4.78 is 0. The van der Waals surface area contributed by atoms with Crippen molar-refractivity contribution in [2.45, 2.75) is 64.5 Å². The minimum atomic E-state index is 0.563. The number of rotatable bonds is 4. The van der Waals surface area contributed by atoms with Gasteiger partial charge in [-0.25, -0.2) is 4.98 Å². The van der Waals surface area contributed by atoms with Gasteiger partial charge in [0.25, 0.3) is 0 Å². The summed E-state index contributed by atoms with van der Waals surface area (Å²) in [7, 11) is 0. The number of hydrogen-bond acceptors (Lipinski definition) is 4. The Morgan fingerprint density at radius 2 is 2.26 bits per heavy atom. The quantitative estimate of drug-likeness (QED) is 0.914. The normalized spacial score (nSPS) is 26.7. The standard InChI is InChI=1S/C15H25N3S/c1-3-9-16-12-7-4-8-13-14(12)19-15(17-13)18-10-5-6-11(18)2/h11-12,16H,3-10H2,1-2H3. The molecule has 4 heteroatoms. The highest BCUT2D eigenvalue weighted by molar-refractivity contribution is 7.15. The van der Waals surface area contributed by atoms with Crippen molar-refractivity contribution in [3.05, 3.63) is 10.6 Å². The number of nitrogens with one attached hydrogen (secondary N) is 1. The van der Waals surface area contributed by atoms with Crippen LogP contribution in [0.25, 0.3) is 0 Å². The van der Waals surface area contributed by atoms with Crippen molar-refractivity contribution in [2.75, 3.05) is 18.0 Å². The fraction of sp³-hybridized carbons (Fsp3) is 0.800. The van der Waals surface area contributed by atoms with Crippen LogP contribution in [0.1, 0.15) is 62.6 Å². The molecule has 106 valence electrons. The van der Waals surface area contributed by atoms with E-state index in [4.69, 9.17) is 4.98 Å². The van der Waals surface area contributed by atoms with Crippen LogP contribution in [0.2, 0.25) is 0 Å². The second-order valence-electron chi connectivity index (χ2n) is 5.89. The number of fused-ring (bicyclic) bond motifs is 1. The third-order valence-electron chi connectivity index (χ3n) is 4.38. The van der Waals surface area contributed by atoms with E-state index in [0.717, 1.165) is 6.54 Å². The topological polar surface area (TPSA) is 28.2 Å². The van der Waals surface area contributed by atoms with Gasteiger partial charge < -0.3 is 10.2 Å². The average Bonchev–Trinajstić information content (AvgIpc) is 3.01. The Kier molecular flexibility index (Phi) is 4.08. The molecule has 19 heavy (non-hydrogen) atoms. The van der Waals surface area contributed by atoms with Crippen LogP contribution in [0.3, 0.4) is 0 Å². The van der Waals surface area contributed by atoms with Crippen molar-refractivity contribution < 1.29 is 0 Å². The lowest BCUT2D eigenvalue weighted by Crippen LogP contribution is -2.25. The van der Waals surface area contributed by atoms with Gasteiger partial charge in [0.1, 0.15) is 0 Å². The number of thiazole rings is 1. The lowest BCUT2D eigenvalue weighted by Gasteiger charge is -2.22. The Labute approximate surface area is 120 Å². The molecule has 0 bridgehead atoms. The smallest absolute Gasteiger partial charge is 0.186 e. The molecule has 2 heterocycles. The Bertz CT molecular complexity index is 429. The first-order chi connectivity index (χ1) is 9.29. The monoisotopic (exact) mass is 279 g/mol. The third kappa shape index (κ3) is 2.65. The van der Waals surface area contributed by atoms with Gasteiger partial charge in [-0.15, -0.1) is 0 Å². The maximum absolute atomic E-state index is 4.95. The van der Waals surface area contributed by atoms with E-state index in [1.165, 1.54) is 60.8 Å². The molecule has 1 saturated heterocycles. The number of nitrogens with zero attached hydrogens (tertiary/aromatic N) is 2. The lowest BCUT2D eigenvalue weighted by molar-refractivity contribution is 0.464. The molecule has 3 nitrogen and oxygen atoms in total. The summed E-state index contributed by atoms with van der Waals surface area (Å²) in [6.07, 6.45) is 7.60. The fourth-order valence-corrected chi connectivity index (χ4v) is 4.61. The second-order valence-corrected chi connectivity index (χ2v) is 6.90. The summed E-state index contributed by atoms with van der Waals surface area (Å²) >= 11 is 1.95. The molecule has 1 aliphatic heterocycles. The van der Waals surface area contributed by atoms with E-state index in [0.29, 0.717) is 12.1 Å². The molecule has 0 aromatic carbocycles. The lowest BCUT2D eigenvalue weighted by atomic mass is 9.98. The summed E-state index contributed by atoms with van der Waals surface area (Å²) in [6.45, 7) is 6.89. The van der Waals surface area contributed by atoms with Gasteiger partial charge in [0.05, 0.1) is 5.69 Å². The first kappa shape index (κ1) is 13.4. The Balaban J connectivity index is 1.80. The molecular formula is C15H25N3S. The zero-order valence-corrected chi connectivity index (χ0v) is 12.9. The minimum Gasteiger partial charge on any atom is -0.345 e. The van der Waals surface area contributed by atoms with Gasteiger partial charge in [0, 0.05) is 23.5 Å². The number of aromatic nitrogens is 1. The van der Waals surface area contributed by atoms with Gasteiger partial charge in [0.15, 0.2) is 5.13 Å². The summed E-state index contributed by atoms with van der Waals surface area (Å²) in [5.74, 6) is 0. The molecule has 2 aliphatic rings. The van der Waals surface area contributed by atoms with Gasteiger partial charge in [-0.05, 0) is 52.0 Å². The highest BCUT2D eigenvalue weighted by Gasteiger charge is 2.28. The van der Waals surface area contributed by atoms with E-state index in [1.54, 1.807) is 0 Å². The summed E-state index contributed by atoms with van der Waals surface area (Å²) in [5, 5.41) is 4.97. The van der Waals surface area contributed by atoms with Crippen molar-refractivity contribution in [3.8, 4) is 0 Å². The van der Waals surface area contributed by atoms with Crippen molar-refractivity contribution in [1.29, 1.82) is 0 Å². The molecule has 3 rings (SSSR count). The van der Waals surface area contributed by atoms with Gasteiger partial charge >= 0.3 is 0 Å². The van der Waals surface area contributed by atoms with E-state index in [9.17, 15) is 0 Å². The van der Waals surface area contributed by atoms with Crippen molar-refractivity contribution in [3.63, 3.8) is 0 Å². The Hall–Kier alpha value is -0.610. The van der Waals surface area contributed by atoms with Crippen LogP contribution in [0.4, 0.5) is 5.13 Å². The van der Waals surface area contributed by atoms with Crippen LogP contribution < -0.4 is 10.2 Å². The van der Waals surface area contributed by atoms with Gasteiger partial charge in [-0.1, -0.05) is 18.3 Å². The molecule has 1 aromatic rings. The molecule has 0 radical (unpaired) electrons. The van der Waals surface area contributed by atoms with Crippen LogP contribution >= 0.6 is 11.3 Å². The number of aryl methyl sites for hydroxylation is 1. The molecule has 2 unspecified atom stereocenters. The number of hydrogen-bond donors (Lipinski definition) is 1. The van der Waals surface area contributed by atoms with Crippen LogP contribution in [0.5, 0.6) is 0 Å². The van der Waals surface area contributed by atoms with E-state index < -0.39 is 0 Å². The summed E-state index contributed by atoms with van der Waals surface area (Å²) in [5.41, 5.74) is 1.37. The molecule has 0 amide bonds. The highest BCUT2D eigenvalue weighted by Crippen LogP contribution is 2.39. The number of anilines is 1. The van der Waals surface area contributed by atoms with E-state index in [-0.39, 0.29) is 0 Å². The molecule has 1 N–H and O–H groups in total. The van der Waals surface area contributed by atoms with Crippen LogP contribution in [0.15, 0.2) is 0 Å². The molecule has 0 spiro atoms. The molecule has 1 fully saturated rings. The maximum atomic E-state index is 4.95. The Morgan fingerprint density at radius 3 is 3.00 bits per heavy atom. The molecule has 1 aromatic heterocycles. The zero-order chi connectivity index (χ0) is 13.2. The predicted octanol–water partition coefficient (Wildman–Crippen LogP) is 3.51. The van der Waals surface area contributed by atoms with Gasteiger partial charge in [-0.2, -0.15) is 0 Å². The zero-order valence-electron chi connectivity index (χ0n) is 12.1. The van der Waals surface area contributed by atoms with Crippen LogP contribution in [-0.2, 0) is 6.42 Å². The largest absolute Gasteiger partial charge is 0.345 e. The molecule has 1 aliphatic carbocycles. The van der Waals surface area contributed by atoms with E-state index in [2.05, 4.69) is 24.1 Å². The molecule has 0 saturated carbocycles. The van der Waals surface area contributed by atoms with Crippen LogP contribution in [-0.4, -0.2) is 24.1 Å². The Morgan fingerprint density at radius 1 is 1.37 bits per heavy atom. The maximum Gasteiger partial charge on any atom is 0.186 e. The van der Waals surface area contributed by atoms with Crippen molar-refractivity contribution >= 4 is 16.5 Å². The average molecular weight is 279 g/mol. The van der Waals surface area contributed by atoms with Crippen molar-refractivity contribution in [1.82, 2.24) is 10.3 Å². The van der Waals surface area contributed by atoms with Gasteiger partial charge in [0.2, 0.25) is 0 Å². The SMILES string of the molecule is CCCNC1CCCc2nc(N3CCCC3C)sc21. The minimum absolute atomic E-state index is 0.563. The van der Waals surface area contributed by atoms with Gasteiger partial charge in [-0.3, -0.25) is 0 Å². The second kappa shape index (κ2) is 5.80. The van der Waals surface area contributed by atoms with Crippen LogP contribution in [0, 0.1) is 0 Å². The van der Waals surface area contributed by atoms with E-state index >= 15 is 0 Å². The van der Waals surface area contributed by atoms with Crippen molar-refractivity contribution in [2.24, 2.45) is 0 Å². The van der Waals surface area contributed by atoms with E-state index in [1.807, 2.05) is 11.3 Å². The summed E-state index contributed by atoms with van der Waals surface area (Å²) in [6, 6.07) is 1.24. The first-order valence-corrected chi connectivity index (χ1v) is 8.61. The first-order valence-electron chi connectivity index (χ1n) is 7.79. The third-order valence-corrected chi connectivity index (χ3v) is 5.63. The molecular weight excluding hydrogens is 254 g/mol. The summed E-state index contributed by atoms with van der Waals surface area (Å²) in [4.78, 5) is 8.98.